The molecule has 6 aromatic rings. The van der Waals surface area contributed by atoms with Crippen LogP contribution in [0.2, 0.25) is 0 Å². The van der Waals surface area contributed by atoms with E-state index in [0.717, 1.165) is 66.0 Å². The monoisotopic (exact) mass is 605 g/mol. The lowest BCUT2D eigenvalue weighted by molar-refractivity contribution is -0.244. The molecule has 0 N–H and O–H groups in total. The number of rotatable bonds is 2. The van der Waals surface area contributed by atoms with Crippen LogP contribution in [0.5, 0.6) is 11.5 Å². The number of carbonyl (C=O) groups is 1. The molecule has 8 rings (SSSR count). The maximum absolute atomic E-state index is 14.4. The van der Waals surface area contributed by atoms with Gasteiger partial charge in [0.2, 0.25) is 0 Å². The zero-order chi connectivity index (χ0) is 31.9. The van der Waals surface area contributed by atoms with Crippen LogP contribution in [-0.4, -0.2) is 16.5 Å². The molecule has 2 aliphatic heterocycles. The van der Waals surface area contributed by atoms with Gasteiger partial charge < -0.3 is 18.8 Å². The first kappa shape index (κ1) is 28.2. The predicted octanol–water partition coefficient (Wildman–Crippen LogP) is 9.89. The number of para-hydroxylation sites is 1. The molecule has 1 saturated heterocycles. The molecule has 228 valence electrons. The average Bonchev–Trinajstić information content (AvgIpc) is 3.39. The number of esters is 1. The zero-order valence-corrected chi connectivity index (χ0v) is 26.9. The van der Waals surface area contributed by atoms with Gasteiger partial charge >= 0.3 is 11.9 Å². The van der Waals surface area contributed by atoms with E-state index < -0.39 is 11.9 Å². The molecule has 0 radical (unpaired) electrons. The van der Waals surface area contributed by atoms with Crippen molar-refractivity contribution in [3.05, 3.63) is 125 Å². The lowest BCUT2D eigenvalue weighted by Crippen LogP contribution is -2.43. The lowest BCUT2D eigenvalue weighted by Gasteiger charge is -2.29. The summed E-state index contributed by atoms with van der Waals surface area (Å²) in [5, 5.41) is 5.33. The van der Waals surface area contributed by atoms with E-state index in [1.54, 1.807) is 0 Å². The van der Waals surface area contributed by atoms with Gasteiger partial charge in [-0.25, -0.2) is 4.79 Å². The van der Waals surface area contributed by atoms with E-state index in [-0.39, 0.29) is 5.92 Å². The third-order valence-corrected chi connectivity index (χ3v) is 9.52. The molecular weight excluding hydrogens is 570 g/mol. The first-order chi connectivity index (χ1) is 22.2. The minimum atomic E-state index is -1.82. The number of ether oxygens (including phenoxy) is 3. The third-order valence-electron chi connectivity index (χ3n) is 9.52. The molecule has 0 bridgehead atoms. The highest BCUT2D eigenvalue weighted by Crippen LogP contribution is 2.54. The molecule has 1 aromatic heterocycles. The summed E-state index contributed by atoms with van der Waals surface area (Å²) in [6, 6.07) is 32.9. The Morgan fingerprint density at radius 1 is 0.696 bits per heavy atom. The molecule has 3 heterocycles. The summed E-state index contributed by atoms with van der Waals surface area (Å²) in [4.78, 5) is 14.4. The molecule has 5 aromatic carbocycles. The van der Waals surface area contributed by atoms with Gasteiger partial charge in [0.15, 0.2) is 0 Å². The van der Waals surface area contributed by atoms with Crippen LogP contribution in [-0.2, 0) is 16.6 Å². The Bertz CT molecular complexity index is 2240. The fourth-order valence-corrected chi connectivity index (χ4v) is 7.49. The Balaban J connectivity index is 1.45. The van der Waals surface area contributed by atoms with Crippen molar-refractivity contribution >= 4 is 44.0 Å². The number of allylic oxidation sites excluding steroid dienone is 2. The summed E-state index contributed by atoms with van der Waals surface area (Å²) < 4.78 is 22.5. The van der Waals surface area contributed by atoms with Crippen LogP contribution in [0.4, 0.5) is 0 Å². The molecule has 0 aliphatic carbocycles. The van der Waals surface area contributed by atoms with Crippen molar-refractivity contribution in [2.75, 3.05) is 0 Å². The molecule has 0 atom stereocenters. The van der Waals surface area contributed by atoms with Crippen LogP contribution in [0.1, 0.15) is 39.0 Å². The van der Waals surface area contributed by atoms with Crippen molar-refractivity contribution in [3.8, 4) is 22.6 Å². The van der Waals surface area contributed by atoms with Crippen molar-refractivity contribution in [1.82, 2.24) is 4.57 Å². The molecule has 0 saturated carbocycles. The van der Waals surface area contributed by atoms with E-state index >= 15 is 0 Å². The standard InChI is InChI=1S/C41H35NO4/c1-23(2)34(35-25(5)42(6)31-18-12-11-17-30(31)35)38-39(24(3)4)41(46-40(38)43)44-32-21-19-26-13-7-9-15-28(26)36(32)37-29-16-10-8-14-27(29)20-22-33(37)45-41/h7-23H,1-6H3/b38-34+. The SMILES string of the molecule is CC(C)=C1/C(=C(\c2c(C)n(C)c3ccccc23)C(C)C)C(=O)OC12Oc1ccc3ccccc3c1-c1c(ccc3ccccc13)O2. The second-order valence-corrected chi connectivity index (χ2v) is 12.8. The van der Waals surface area contributed by atoms with E-state index in [1.165, 1.54) is 0 Å². The highest BCUT2D eigenvalue weighted by Gasteiger charge is 2.58. The van der Waals surface area contributed by atoms with Crippen molar-refractivity contribution in [1.29, 1.82) is 0 Å². The lowest BCUT2D eigenvalue weighted by atomic mass is 9.85. The highest BCUT2D eigenvalue weighted by molar-refractivity contribution is 6.12. The van der Waals surface area contributed by atoms with Crippen LogP contribution in [0, 0.1) is 12.8 Å². The first-order valence-corrected chi connectivity index (χ1v) is 15.8. The number of carbonyl (C=O) groups excluding carboxylic acids is 1. The van der Waals surface area contributed by atoms with Gasteiger partial charge in [-0.05, 0) is 72.0 Å². The van der Waals surface area contributed by atoms with E-state index in [1.807, 2.05) is 74.5 Å². The number of aromatic nitrogens is 1. The van der Waals surface area contributed by atoms with Crippen LogP contribution in [0.3, 0.4) is 0 Å². The second-order valence-electron chi connectivity index (χ2n) is 12.8. The molecule has 46 heavy (non-hydrogen) atoms. The third kappa shape index (κ3) is 3.91. The Labute approximate surface area is 268 Å². The van der Waals surface area contributed by atoms with Crippen LogP contribution < -0.4 is 9.47 Å². The van der Waals surface area contributed by atoms with Crippen molar-refractivity contribution in [2.24, 2.45) is 13.0 Å². The Kier molecular flexibility index (Phi) is 6.20. The van der Waals surface area contributed by atoms with E-state index in [9.17, 15) is 4.79 Å². The quantitative estimate of drug-likeness (QED) is 0.146. The van der Waals surface area contributed by atoms with Crippen molar-refractivity contribution < 1.29 is 19.0 Å². The molecule has 5 heteroatoms. The number of hydrogen-bond donors (Lipinski definition) is 0. The number of fused-ring (bicyclic) bond motifs is 8. The molecule has 2 aliphatic rings. The summed E-state index contributed by atoms with van der Waals surface area (Å²) in [5.41, 5.74) is 7.96. The highest BCUT2D eigenvalue weighted by atomic mass is 16.9. The predicted molar refractivity (Wildman–Crippen MR) is 185 cm³/mol. The first-order valence-electron chi connectivity index (χ1n) is 15.8. The second kappa shape index (κ2) is 10.1. The minimum Gasteiger partial charge on any atom is -0.416 e. The molecule has 0 amide bonds. The number of hydrogen-bond acceptors (Lipinski definition) is 4. The summed E-state index contributed by atoms with van der Waals surface area (Å²) in [6.45, 7) is 10.3. The van der Waals surface area contributed by atoms with Gasteiger partial charge in [0.05, 0.1) is 11.1 Å². The molecule has 5 nitrogen and oxygen atoms in total. The zero-order valence-electron chi connectivity index (χ0n) is 26.9. The van der Waals surface area contributed by atoms with Gasteiger partial charge in [-0.15, -0.1) is 0 Å². The van der Waals surface area contributed by atoms with E-state index in [0.29, 0.717) is 22.6 Å². The maximum Gasteiger partial charge on any atom is 0.450 e. The van der Waals surface area contributed by atoms with Crippen molar-refractivity contribution in [2.45, 2.75) is 40.6 Å². The largest absolute Gasteiger partial charge is 0.450 e. The molecule has 1 fully saturated rings. The number of nitrogens with zero attached hydrogens (tertiary/aromatic N) is 1. The normalized spacial score (nSPS) is 16.3. The fraction of sp³-hybridized carbons (Fsp3) is 0.195. The number of aryl methyl sites for hydroxylation is 1. The molecule has 1 spiro atoms. The van der Waals surface area contributed by atoms with Crippen molar-refractivity contribution in [3.63, 3.8) is 0 Å². The Morgan fingerprint density at radius 3 is 1.76 bits per heavy atom. The smallest absolute Gasteiger partial charge is 0.416 e. The van der Waals surface area contributed by atoms with Gasteiger partial charge in [-0.2, -0.15) is 0 Å². The average molecular weight is 606 g/mol. The Hall–Kier alpha value is -5.29. The van der Waals surface area contributed by atoms with Gasteiger partial charge in [0.1, 0.15) is 11.5 Å². The summed E-state index contributed by atoms with van der Waals surface area (Å²) in [5.74, 6) is -1.11. The Morgan fingerprint density at radius 2 is 1.22 bits per heavy atom. The fourth-order valence-electron chi connectivity index (χ4n) is 7.49. The van der Waals surface area contributed by atoms with Gasteiger partial charge in [0, 0.05) is 40.3 Å². The minimum absolute atomic E-state index is 0.00482. The van der Waals surface area contributed by atoms with Gasteiger partial charge in [-0.3, -0.25) is 0 Å². The maximum atomic E-state index is 14.4. The van der Waals surface area contributed by atoms with Crippen LogP contribution in [0.25, 0.3) is 49.1 Å². The van der Waals surface area contributed by atoms with E-state index in [2.05, 4.69) is 68.8 Å². The van der Waals surface area contributed by atoms with Crippen LogP contribution >= 0.6 is 0 Å². The summed E-state index contributed by atoms with van der Waals surface area (Å²) >= 11 is 0. The summed E-state index contributed by atoms with van der Waals surface area (Å²) in [7, 11) is 2.07. The molecule has 0 unspecified atom stereocenters. The number of benzene rings is 5. The summed E-state index contributed by atoms with van der Waals surface area (Å²) in [6.07, 6.45) is 0. The molecular formula is C41H35NO4. The van der Waals surface area contributed by atoms with E-state index in [4.69, 9.17) is 14.2 Å². The topological polar surface area (TPSA) is 49.7 Å². The van der Waals surface area contributed by atoms with Crippen LogP contribution in [0.15, 0.2) is 114 Å². The van der Waals surface area contributed by atoms with Gasteiger partial charge in [-0.1, -0.05) is 98.3 Å². The van der Waals surface area contributed by atoms with Gasteiger partial charge in [0.25, 0.3) is 0 Å².